The summed E-state index contributed by atoms with van der Waals surface area (Å²) >= 11 is 1.48. The second-order valence-corrected chi connectivity index (χ2v) is 8.17. The summed E-state index contributed by atoms with van der Waals surface area (Å²) < 4.78 is 26.5. The first-order valence-electron chi connectivity index (χ1n) is 10.1. The molecule has 0 aliphatic carbocycles. The van der Waals surface area contributed by atoms with E-state index >= 15 is 0 Å². The van der Waals surface area contributed by atoms with E-state index in [0.717, 1.165) is 29.1 Å². The smallest absolute Gasteiger partial charge is 0.269 e. The number of aromatic nitrogens is 2. The number of benzene rings is 2. The van der Waals surface area contributed by atoms with E-state index in [4.69, 9.17) is 0 Å². The number of hydrogen-bond donors (Lipinski definition) is 3. The van der Waals surface area contributed by atoms with Gasteiger partial charge in [-0.3, -0.25) is 25.2 Å². The van der Waals surface area contributed by atoms with Crippen LogP contribution >= 0.6 is 11.8 Å². The van der Waals surface area contributed by atoms with Gasteiger partial charge in [-0.15, -0.1) is 0 Å². The van der Waals surface area contributed by atoms with Crippen LogP contribution in [0.2, 0.25) is 0 Å². The summed E-state index contributed by atoms with van der Waals surface area (Å²) in [6.45, 7) is 3.29. The Bertz CT molecular complexity index is 1200. The topological polar surface area (TPSA) is 113 Å². The number of amides is 3. The number of nitrogens with zero attached hydrogens (tertiary/aromatic N) is 2. The van der Waals surface area contributed by atoms with Crippen molar-refractivity contribution < 1.29 is 23.2 Å². The molecule has 1 aromatic heterocycles. The van der Waals surface area contributed by atoms with Crippen molar-refractivity contribution >= 4 is 29.5 Å². The lowest BCUT2D eigenvalue weighted by atomic mass is 10.1. The number of hydrogen-bond acceptors (Lipinski definition) is 6. The van der Waals surface area contributed by atoms with Crippen LogP contribution < -0.4 is 16.2 Å². The third-order valence-electron chi connectivity index (χ3n) is 4.45. The summed E-state index contributed by atoms with van der Waals surface area (Å²) in [5, 5.41) is 2.86. The number of rotatable bonds is 7. The first-order valence-corrected chi connectivity index (χ1v) is 11.1. The molecule has 3 N–H and O–H groups in total. The van der Waals surface area contributed by atoms with Crippen molar-refractivity contribution in [2.45, 2.75) is 24.8 Å². The summed E-state index contributed by atoms with van der Waals surface area (Å²) in [5.74, 6) is -3.42. The van der Waals surface area contributed by atoms with Gasteiger partial charge in [-0.1, -0.05) is 23.9 Å². The van der Waals surface area contributed by atoms with Gasteiger partial charge >= 0.3 is 0 Å². The Morgan fingerprint density at radius 2 is 1.56 bits per heavy atom. The zero-order chi connectivity index (χ0) is 24.7. The maximum atomic E-state index is 13.6. The molecular weight excluding hydrogens is 464 g/mol. The molecule has 0 aliphatic rings. The molecule has 8 nitrogen and oxygen atoms in total. The van der Waals surface area contributed by atoms with Gasteiger partial charge in [0.15, 0.2) is 5.16 Å². The average Bonchev–Trinajstić information content (AvgIpc) is 2.79. The van der Waals surface area contributed by atoms with E-state index in [1.54, 1.807) is 24.3 Å². The van der Waals surface area contributed by atoms with Gasteiger partial charge in [0.25, 0.3) is 17.7 Å². The molecule has 1 heterocycles. The zero-order valence-corrected chi connectivity index (χ0v) is 19.1. The van der Waals surface area contributed by atoms with Crippen LogP contribution in [0, 0.1) is 25.5 Å². The van der Waals surface area contributed by atoms with Gasteiger partial charge in [-0.2, -0.15) is 0 Å². The summed E-state index contributed by atoms with van der Waals surface area (Å²) in [7, 11) is 0. The van der Waals surface area contributed by atoms with Crippen LogP contribution in [0.3, 0.4) is 0 Å². The maximum Gasteiger partial charge on any atom is 0.269 e. The second kappa shape index (κ2) is 11.3. The highest BCUT2D eigenvalue weighted by molar-refractivity contribution is 7.98. The van der Waals surface area contributed by atoms with Gasteiger partial charge in [-0.05, 0) is 49.7 Å². The third-order valence-corrected chi connectivity index (χ3v) is 5.36. The standard InChI is InChI=1S/C23H21F2N5O3S/c1-13-9-14(2)28-23(27-13)34-12-15-3-5-16(6-4-15)21(32)30-29-20(31)11-26-22(33)18-8-7-17(24)10-19(18)25/h3-10H,11-12H2,1-2H3,(H,26,33)(H,29,31)(H,30,32). The summed E-state index contributed by atoms with van der Waals surface area (Å²) in [6, 6.07) is 11.1. The Hall–Kier alpha value is -3.86. The maximum absolute atomic E-state index is 13.6. The number of carbonyl (C=O) groups is 3. The van der Waals surface area contributed by atoms with Crippen molar-refractivity contribution in [2.75, 3.05) is 6.54 Å². The highest BCUT2D eigenvalue weighted by Gasteiger charge is 2.14. The minimum absolute atomic E-state index is 0.314. The number of nitrogens with one attached hydrogen (secondary N) is 3. The van der Waals surface area contributed by atoms with Crippen molar-refractivity contribution in [1.29, 1.82) is 0 Å². The van der Waals surface area contributed by atoms with E-state index in [9.17, 15) is 23.2 Å². The first kappa shape index (κ1) is 24.8. The van der Waals surface area contributed by atoms with E-state index in [1.807, 2.05) is 19.9 Å². The van der Waals surface area contributed by atoms with Crippen molar-refractivity contribution in [3.63, 3.8) is 0 Å². The van der Waals surface area contributed by atoms with E-state index in [0.29, 0.717) is 22.5 Å². The van der Waals surface area contributed by atoms with Crippen LogP contribution in [0.5, 0.6) is 0 Å². The van der Waals surface area contributed by atoms with Crippen molar-refractivity contribution in [2.24, 2.45) is 0 Å². The normalized spacial score (nSPS) is 10.5. The summed E-state index contributed by atoms with van der Waals surface area (Å²) in [6.07, 6.45) is 0. The lowest BCUT2D eigenvalue weighted by Gasteiger charge is -2.09. The Balaban J connectivity index is 1.44. The molecule has 3 aromatic rings. The van der Waals surface area contributed by atoms with E-state index < -0.39 is 41.5 Å². The predicted molar refractivity (Wildman–Crippen MR) is 122 cm³/mol. The number of carbonyl (C=O) groups excluding carboxylic acids is 3. The molecule has 0 saturated carbocycles. The minimum atomic E-state index is -1.05. The second-order valence-electron chi connectivity index (χ2n) is 7.23. The molecule has 0 unspecified atom stereocenters. The molecule has 0 spiro atoms. The fraction of sp³-hybridized carbons (Fsp3) is 0.174. The molecule has 0 radical (unpaired) electrons. The van der Waals surface area contributed by atoms with Gasteiger partial charge in [0.2, 0.25) is 0 Å². The lowest BCUT2D eigenvalue weighted by molar-refractivity contribution is -0.120. The fourth-order valence-corrected chi connectivity index (χ4v) is 3.74. The Morgan fingerprint density at radius 3 is 2.21 bits per heavy atom. The SMILES string of the molecule is Cc1cc(C)nc(SCc2ccc(C(=O)NNC(=O)CNC(=O)c3ccc(F)cc3F)cc2)n1. The van der Waals surface area contributed by atoms with E-state index in [2.05, 4.69) is 26.1 Å². The van der Waals surface area contributed by atoms with Gasteiger partial charge < -0.3 is 5.32 Å². The number of thioether (sulfide) groups is 1. The van der Waals surface area contributed by atoms with Crippen LogP contribution in [0.1, 0.15) is 37.7 Å². The van der Waals surface area contributed by atoms with Crippen molar-refractivity contribution in [3.8, 4) is 0 Å². The summed E-state index contributed by atoms with van der Waals surface area (Å²) in [5.41, 5.74) is 7.05. The zero-order valence-electron chi connectivity index (χ0n) is 18.3. The van der Waals surface area contributed by atoms with E-state index in [1.165, 1.54) is 11.8 Å². The number of halogens is 2. The highest BCUT2D eigenvalue weighted by Crippen LogP contribution is 2.20. The molecule has 34 heavy (non-hydrogen) atoms. The van der Waals surface area contributed by atoms with Crippen LogP contribution in [0.4, 0.5) is 8.78 Å². The molecule has 3 amide bonds. The molecule has 3 rings (SSSR count). The predicted octanol–water partition coefficient (Wildman–Crippen LogP) is 2.85. The largest absolute Gasteiger partial charge is 0.343 e. The number of aryl methyl sites for hydroxylation is 2. The van der Waals surface area contributed by atoms with E-state index in [-0.39, 0.29) is 0 Å². The minimum Gasteiger partial charge on any atom is -0.343 e. The van der Waals surface area contributed by atoms with Gasteiger partial charge in [0.05, 0.1) is 12.1 Å². The molecular formula is C23H21F2N5O3S. The van der Waals surface area contributed by atoms with Crippen LogP contribution in [0.25, 0.3) is 0 Å². The molecule has 11 heteroatoms. The molecule has 0 bridgehead atoms. The quantitative estimate of drug-likeness (QED) is 0.270. The Kier molecular flexibility index (Phi) is 8.25. The van der Waals surface area contributed by atoms with Gasteiger partial charge in [0.1, 0.15) is 11.6 Å². The van der Waals surface area contributed by atoms with Crippen LogP contribution in [-0.2, 0) is 10.5 Å². The summed E-state index contributed by atoms with van der Waals surface area (Å²) in [4.78, 5) is 44.7. The molecule has 0 saturated heterocycles. The lowest BCUT2D eigenvalue weighted by Crippen LogP contribution is -2.46. The van der Waals surface area contributed by atoms with Crippen LogP contribution in [0.15, 0.2) is 53.7 Å². The third kappa shape index (κ3) is 7.07. The van der Waals surface area contributed by atoms with Crippen molar-refractivity contribution in [3.05, 3.63) is 88.2 Å². The van der Waals surface area contributed by atoms with Gasteiger partial charge in [-0.25, -0.2) is 18.7 Å². The Labute approximate surface area is 198 Å². The average molecular weight is 486 g/mol. The molecule has 0 atom stereocenters. The van der Waals surface area contributed by atoms with Crippen molar-refractivity contribution in [1.82, 2.24) is 26.1 Å². The first-order chi connectivity index (χ1) is 16.2. The molecule has 2 aromatic carbocycles. The molecule has 176 valence electrons. The van der Waals surface area contributed by atoms with Gasteiger partial charge in [0, 0.05) is 28.8 Å². The molecule has 0 fully saturated rings. The van der Waals surface area contributed by atoms with Crippen LogP contribution in [-0.4, -0.2) is 34.2 Å². The fourth-order valence-electron chi connectivity index (χ4n) is 2.83. The number of hydrazine groups is 1. The Morgan fingerprint density at radius 1 is 0.882 bits per heavy atom. The highest BCUT2D eigenvalue weighted by atomic mass is 32.2. The molecule has 0 aliphatic heterocycles. The monoisotopic (exact) mass is 485 g/mol.